The molecule has 1 aliphatic rings. The quantitative estimate of drug-likeness (QED) is 0.427. The zero-order valence-corrected chi connectivity index (χ0v) is 23.1. The van der Waals surface area contributed by atoms with E-state index >= 15 is 0 Å². The molecule has 196 valence electrons. The van der Waals surface area contributed by atoms with Gasteiger partial charge in [0.05, 0.1) is 26.8 Å². The fraction of sp³-hybridized carbons (Fsp3) is 0.577. The van der Waals surface area contributed by atoms with Gasteiger partial charge in [0.15, 0.2) is 0 Å². The molecule has 1 saturated carbocycles. The number of carbonyl (C=O) groups excluding carboxylic acids is 1. The van der Waals surface area contributed by atoms with Gasteiger partial charge in [-0.25, -0.2) is 4.98 Å². The van der Waals surface area contributed by atoms with Crippen LogP contribution >= 0.6 is 11.6 Å². The molecule has 1 fully saturated rings. The summed E-state index contributed by atoms with van der Waals surface area (Å²) in [5.41, 5.74) is 1.22. The fourth-order valence-electron chi connectivity index (χ4n) is 3.98. The lowest BCUT2D eigenvalue weighted by molar-refractivity contribution is 0.0754. The number of nitrogens with one attached hydrogen (secondary N) is 2. The zero-order chi connectivity index (χ0) is 26.5. The number of hydrogen-bond acceptors (Lipinski definition) is 7. The molecule has 0 saturated heterocycles. The van der Waals surface area contributed by atoms with Crippen LogP contribution in [0.1, 0.15) is 49.4 Å². The molecule has 0 aliphatic heterocycles. The summed E-state index contributed by atoms with van der Waals surface area (Å²) in [5, 5.41) is 6.43. The first-order chi connectivity index (χ1) is 17.3. The third-order valence-corrected chi connectivity index (χ3v) is 6.50. The van der Waals surface area contributed by atoms with Crippen LogP contribution in [0.3, 0.4) is 0 Å². The summed E-state index contributed by atoms with van der Waals surface area (Å²) in [4.78, 5) is 25.2. The van der Waals surface area contributed by atoms with Crippen molar-refractivity contribution in [2.75, 3.05) is 58.5 Å². The number of methoxy groups -OCH3 is 1. The van der Waals surface area contributed by atoms with Gasteiger partial charge in [-0.15, -0.1) is 0 Å². The molecule has 2 radical (unpaired) electrons. The average molecular weight is 515 g/mol. The minimum absolute atomic E-state index is 0.0330. The molecule has 2 aromatic rings. The van der Waals surface area contributed by atoms with E-state index in [1.54, 1.807) is 32.4 Å². The third-order valence-electron chi connectivity index (χ3n) is 6.22. The Morgan fingerprint density at radius 3 is 2.50 bits per heavy atom. The topological polar surface area (TPSA) is 82.6 Å². The molecule has 2 N–H and O–H groups in total. The van der Waals surface area contributed by atoms with Gasteiger partial charge in [-0.1, -0.05) is 50.0 Å². The van der Waals surface area contributed by atoms with Gasteiger partial charge in [-0.2, -0.15) is 4.98 Å². The number of halogens is 1. The molecule has 1 heterocycles. The van der Waals surface area contributed by atoms with E-state index < -0.39 is 0 Å². The summed E-state index contributed by atoms with van der Waals surface area (Å²) >= 11 is 6.02. The maximum atomic E-state index is 12.8. The normalized spacial score (nSPS) is 13.5. The van der Waals surface area contributed by atoms with E-state index in [4.69, 9.17) is 24.2 Å². The van der Waals surface area contributed by atoms with Crippen molar-refractivity contribution in [2.24, 2.45) is 5.92 Å². The molecule has 3 rings (SSSR count). The highest BCUT2D eigenvalue weighted by Gasteiger charge is 2.17. The summed E-state index contributed by atoms with van der Waals surface area (Å²) in [6.45, 7) is 4.08. The maximum Gasteiger partial charge on any atom is 0.254 e. The van der Waals surface area contributed by atoms with Crippen molar-refractivity contribution in [1.82, 2.24) is 19.8 Å². The maximum absolute atomic E-state index is 12.8. The minimum atomic E-state index is -0.0330. The molecule has 0 atom stereocenters. The smallest absolute Gasteiger partial charge is 0.254 e. The number of nitrogens with zero attached hydrogens (tertiary/aromatic N) is 4. The predicted molar refractivity (Wildman–Crippen MR) is 150 cm³/mol. The Morgan fingerprint density at radius 1 is 1.22 bits per heavy atom. The van der Waals surface area contributed by atoms with Crippen LogP contribution in [0, 0.1) is 5.92 Å². The van der Waals surface area contributed by atoms with Crippen LogP contribution in [0.25, 0.3) is 0 Å². The highest BCUT2D eigenvalue weighted by atomic mass is 35.5. The first kappa shape index (κ1) is 29.7. The van der Waals surface area contributed by atoms with Gasteiger partial charge in [0.25, 0.3) is 5.91 Å². The molecule has 0 bridgehead atoms. The number of anilines is 3. The number of hydrogen-bond donors (Lipinski definition) is 2. The molecule has 1 amide bonds. The van der Waals surface area contributed by atoms with Crippen molar-refractivity contribution in [2.45, 2.75) is 45.3 Å². The molecule has 0 spiro atoms. The van der Waals surface area contributed by atoms with Gasteiger partial charge in [0.2, 0.25) is 5.95 Å². The summed E-state index contributed by atoms with van der Waals surface area (Å²) in [7, 11) is 12.8. The van der Waals surface area contributed by atoms with E-state index in [1.807, 2.05) is 25.9 Å². The molecule has 1 aromatic carbocycles. The van der Waals surface area contributed by atoms with Gasteiger partial charge in [0, 0.05) is 32.2 Å². The fourth-order valence-corrected chi connectivity index (χ4v) is 4.17. The predicted octanol–water partition coefficient (Wildman–Crippen LogP) is 5.10. The van der Waals surface area contributed by atoms with Gasteiger partial charge in [0.1, 0.15) is 16.6 Å². The number of carbonyl (C=O) groups is 1. The number of amides is 1. The van der Waals surface area contributed by atoms with Crippen LogP contribution in [0.4, 0.5) is 17.5 Å². The number of benzene rings is 1. The summed E-state index contributed by atoms with van der Waals surface area (Å²) < 4.78 is 5.46. The monoisotopic (exact) mass is 514 g/mol. The van der Waals surface area contributed by atoms with Gasteiger partial charge in [-0.3, -0.25) is 4.79 Å². The Labute approximate surface area is 222 Å². The molecular formula is C26H40BClN6O2. The van der Waals surface area contributed by atoms with E-state index in [-0.39, 0.29) is 5.91 Å². The van der Waals surface area contributed by atoms with Crippen molar-refractivity contribution in [3.63, 3.8) is 0 Å². The van der Waals surface area contributed by atoms with Gasteiger partial charge >= 0.3 is 0 Å². The minimum Gasteiger partial charge on any atom is -0.495 e. The Kier molecular flexibility index (Phi) is 12.8. The Hall–Kier alpha value is -2.52. The first-order valence-electron chi connectivity index (χ1n) is 12.6. The summed E-state index contributed by atoms with van der Waals surface area (Å²) in [6, 6.07) is 5.27. The van der Waals surface area contributed by atoms with Crippen LogP contribution in [-0.4, -0.2) is 81.4 Å². The molecule has 1 aromatic heterocycles. The number of aromatic nitrogens is 2. The van der Waals surface area contributed by atoms with E-state index in [0.717, 1.165) is 18.8 Å². The van der Waals surface area contributed by atoms with Crippen molar-refractivity contribution >= 4 is 42.8 Å². The van der Waals surface area contributed by atoms with E-state index in [0.29, 0.717) is 46.9 Å². The molecule has 0 unspecified atom stereocenters. The second-order valence-electron chi connectivity index (χ2n) is 9.11. The summed E-state index contributed by atoms with van der Waals surface area (Å²) in [5.74, 6) is 2.24. The highest BCUT2D eigenvalue weighted by molar-refractivity contribution is 6.32. The second kappa shape index (κ2) is 15.6. The van der Waals surface area contributed by atoms with E-state index in [1.165, 1.54) is 38.3 Å². The van der Waals surface area contributed by atoms with Crippen LogP contribution in [-0.2, 0) is 0 Å². The lowest BCUT2D eigenvalue weighted by atomic mass is 9.80. The van der Waals surface area contributed by atoms with Crippen LogP contribution in [0.15, 0.2) is 24.4 Å². The largest absolute Gasteiger partial charge is 0.495 e. The number of rotatable bonds is 10. The Morgan fingerprint density at radius 2 is 1.94 bits per heavy atom. The van der Waals surface area contributed by atoms with Gasteiger partial charge < -0.3 is 25.2 Å². The highest BCUT2D eigenvalue weighted by Crippen LogP contribution is 2.29. The lowest BCUT2D eigenvalue weighted by Gasteiger charge is -2.23. The molecule has 8 nitrogen and oxygen atoms in total. The number of likely N-dealkylation sites (N-methyl/N-ethyl adjacent to an activating group) is 2. The average Bonchev–Trinajstić information content (AvgIpc) is 2.90. The van der Waals surface area contributed by atoms with Crippen LogP contribution in [0.2, 0.25) is 11.3 Å². The first-order valence-corrected chi connectivity index (χ1v) is 13.0. The van der Waals surface area contributed by atoms with Crippen molar-refractivity contribution in [3.8, 4) is 5.75 Å². The van der Waals surface area contributed by atoms with Crippen molar-refractivity contribution < 1.29 is 9.53 Å². The molecule has 36 heavy (non-hydrogen) atoms. The molecule has 1 aliphatic carbocycles. The van der Waals surface area contributed by atoms with Crippen LogP contribution < -0.4 is 15.4 Å². The van der Waals surface area contributed by atoms with E-state index in [9.17, 15) is 4.79 Å². The SMILES string of the molecule is CCN(CCN(C)C)C(=O)c1ccc(Nc2ncc(Cl)c(NC)n2)c(OC)c1.[B]CC1CCCCC1. The van der Waals surface area contributed by atoms with Crippen LogP contribution in [0.5, 0.6) is 5.75 Å². The lowest BCUT2D eigenvalue weighted by Crippen LogP contribution is -2.36. The van der Waals surface area contributed by atoms with E-state index in [2.05, 4.69) is 25.5 Å². The van der Waals surface area contributed by atoms with Crippen molar-refractivity contribution in [3.05, 3.63) is 35.0 Å². The second-order valence-corrected chi connectivity index (χ2v) is 9.52. The Balaban J connectivity index is 0.000000482. The molecular weight excluding hydrogens is 475 g/mol. The Bertz CT molecular complexity index is 956. The van der Waals surface area contributed by atoms with Crippen molar-refractivity contribution in [1.29, 1.82) is 0 Å². The zero-order valence-electron chi connectivity index (χ0n) is 22.3. The van der Waals surface area contributed by atoms with Gasteiger partial charge in [-0.05, 0) is 45.1 Å². The standard InChI is InChI=1S/C19H27ClN6O2.C7H13B/c1-6-26(10-9-25(3)4)18(27)13-7-8-15(16(11-13)28-5)23-19-22-12-14(20)17(21-2)24-19;8-6-7-4-2-1-3-5-7/h7-8,11-12H,6,9-10H2,1-5H3,(H2,21,22,23,24);7H,1-6H2. The number of ether oxygens (including phenoxy) is 1. The summed E-state index contributed by atoms with van der Waals surface area (Å²) in [6.07, 6.45) is 9.48. The third kappa shape index (κ3) is 9.17. The molecule has 10 heteroatoms.